The summed E-state index contributed by atoms with van der Waals surface area (Å²) >= 11 is 0. The molecular weight excluding hydrogens is 731 g/mol. The first kappa shape index (κ1) is 37.3. The van der Waals surface area contributed by atoms with Crippen LogP contribution in [0.1, 0.15) is 50.2 Å². The zero-order valence-corrected chi connectivity index (χ0v) is 31.5. The first-order valence-electron chi connectivity index (χ1n) is 17.3. The minimum Gasteiger partial charge on any atom is -0.488 e. The van der Waals surface area contributed by atoms with E-state index in [4.69, 9.17) is 14.2 Å². The summed E-state index contributed by atoms with van der Waals surface area (Å²) in [6.07, 6.45) is 0.631. The number of carbonyl (C=O) groups is 1. The van der Waals surface area contributed by atoms with Crippen molar-refractivity contribution in [3.05, 3.63) is 130 Å². The van der Waals surface area contributed by atoms with E-state index in [0.717, 1.165) is 23.1 Å². The van der Waals surface area contributed by atoms with E-state index >= 15 is 4.79 Å². The van der Waals surface area contributed by atoms with Crippen LogP contribution in [-0.2, 0) is 44.7 Å². The Labute approximate surface area is 314 Å². The molecule has 2 aliphatic heterocycles. The van der Waals surface area contributed by atoms with E-state index in [1.165, 1.54) is 24.3 Å². The minimum absolute atomic E-state index is 0.00444. The maximum atomic E-state index is 15.2. The molecular formula is C41H39NO10S2. The van der Waals surface area contributed by atoms with Crippen molar-refractivity contribution in [1.29, 1.82) is 0 Å². The van der Waals surface area contributed by atoms with Crippen LogP contribution in [0.4, 0.5) is 0 Å². The lowest BCUT2D eigenvalue weighted by molar-refractivity contribution is 0.0745. The van der Waals surface area contributed by atoms with Crippen LogP contribution >= 0.6 is 0 Å². The summed E-state index contributed by atoms with van der Waals surface area (Å²) in [5, 5.41) is 0. The van der Waals surface area contributed by atoms with Crippen LogP contribution in [0.15, 0.2) is 101 Å². The largest absolute Gasteiger partial charge is 0.488 e. The van der Waals surface area contributed by atoms with Gasteiger partial charge in [0.1, 0.15) is 34.0 Å². The first-order chi connectivity index (χ1) is 25.7. The third-order valence-corrected chi connectivity index (χ3v) is 11.6. The highest BCUT2D eigenvalue weighted by atomic mass is 32.2. The Morgan fingerprint density at radius 3 is 2.04 bits per heavy atom. The Morgan fingerprint density at radius 2 is 1.43 bits per heavy atom. The van der Waals surface area contributed by atoms with E-state index in [0.29, 0.717) is 35.7 Å². The lowest BCUT2D eigenvalue weighted by Crippen LogP contribution is -2.27. The molecule has 13 heteroatoms. The summed E-state index contributed by atoms with van der Waals surface area (Å²) in [4.78, 5) is 15.9. The van der Waals surface area contributed by atoms with Gasteiger partial charge in [0, 0.05) is 35.2 Å². The zero-order chi connectivity index (χ0) is 38.4. The highest BCUT2D eigenvalue weighted by molar-refractivity contribution is 7.86. The van der Waals surface area contributed by atoms with E-state index in [1.54, 1.807) is 43.9 Å². The topological polar surface area (TPSA) is 157 Å². The predicted molar refractivity (Wildman–Crippen MR) is 202 cm³/mol. The van der Waals surface area contributed by atoms with Crippen molar-refractivity contribution in [3.8, 4) is 33.8 Å². The Bertz CT molecular complexity index is 2490. The van der Waals surface area contributed by atoms with Crippen molar-refractivity contribution in [1.82, 2.24) is 4.90 Å². The molecule has 0 aromatic heterocycles. The van der Waals surface area contributed by atoms with Crippen molar-refractivity contribution in [2.45, 2.75) is 62.8 Å². The number of amides is 1. The SMILES string of the molecule is Cc1ccc(S(=O)(=O)O)c(-c2cc(-c3cc(C)ccc3S(=O)(=O)O)c(C(=O)N3Cc4cccc(OC5CCOC5)c4C3)c(OCc3ccccc3)c2C)c1. The van der Waals surface area contributed by atoms with Gasteiger partial charge in [0.05, 0.1) is 25.3 Å². The summed E-state index contributed by atoms with van der Waals surface area (Å²) in [6.45, 7) is 6.66. The molecule has 54 heavy (non-hydrogen) atoms. The van der Waals surface area contributed by atoms with Gasteiger partial charge in [0.2, 0.25) is 0 Å². The number of nitrogens with zero attached hydrogens (tertiary/aromatic N) is 1. The average Bonchev–Trinajstić information content (AvgIpc) is 3.81. The second-order valence-electron chi connectivity index (χ2n) is 13.7. The lowest BCUT2D eigenvalue weighted by Gasteiger charge is -2.25. The molecule has 280 valence electrons. The number of ether oxygens (including phenoxy) is 3. The summed E-state index contributed by atoms with van der Waals surface area (Å²) in [7, 11) is -9.60. The minimum atomic E-state index is -4.84. The van der Waals surface area contributed by atoms with Gasteiger partial charge < -0.3 is 19.1 Å². The van der Waals surface area contributed by atoms with Crippen LogP contribution in [0.5, 0.6) is 11.5 Å². The van der Waals surface area contributed by atoms with Crippen LogP contribution in [0.2, 0.25) is 0 Å². The Kier molecular flexibility index (Phi) is 10.1. The number of aryl methyl sites for hydroxylation is 2. The third kappa shape index (κ3) is 7.50. The molecule has 7 rings (SSSR count). The molecule has 0 spiro atoms. The van der Waals surface area contributed by atoms with E-state index in [1.807, 2.05) is 48.5 Å². The Morgan fingerprint density at radius 1 is 0.778 bits per heavy atom. The van der Waals surface area contributed by atoms with Gasteiger partial charge in [-0.05, 0) is 67.3 Å². The predicted octanol–water partition coefficient (Wildman–Crippen LogP) is 7.34. The van der Waals surface area contributed by atoms with Gasteiger partial charge in [-0.15, -0.1) is 0 Å². The smallest absolute Gasteiger partial charge is 0.295 e. The average molecular weight is 770 g/mol. The molecule has 5 aromatic rings. The van der Waals surface area contributed by atoms with Gasteiger partial charge in [0.25, 0.3) is 26.1 Å². The molecule has 0 radical (unpaired) electrons. The highest BCUT2D eigenvalue weighted by Gasteiger charge is 2.35. The molecule has 0 aliphatic carbocycles. The van der Waals surface area contributed by atoms with Crippen molar-refractivity contribution >= 4 is 26.1 Å². The van der Waals surface area contributed by atoms with Crippen LogP contribution in [0, 0.1) is 20.8 Å². The van der Waals surface area contributed by atoms with Gasteiger partial charge in [-0.3, -0.25) is 13.9 Å². The standard InChI is InChI=1S/C41H39NO10S2/c1-25-12-14-37(53(44,45)46)32(18-25)31-20-34(33-19-26(2)13-15-38(33)54(47,48)49)39(40(27(31)3)51-23-28-8-5-4-6-9-28)41(43)42-21-29-10-7-11-36(35(29)22-42)52-30-16-17-50-24-30/h4-15,18-20,30H,16-17,21-24H2,1-3H3,(H,44,45,46)(H,47,48,49). The summed E-state index contributed by atoms with van der Waals surface area (Å²) in [6, 6.07) is 25.2. The third-order valence-electron chi connectivity index (χ3n) is 9.78. The van der Waals surface area contributed by atoms with Gasteiger partial charge in [0.15, 0.2) is 0 Å². The second-order valence-corrected chi connectivity index (χ2v) is 16.5. The van der Waals surface area contributed by atoms with Crippen molar-refractivity contribution in [3.63, 3.8) is 0 Å². The van der Waals surface area contributed by atoms with E-state index in [2.05, 4.69) is 0 Å². The molecule has 2 heterocycles. The lowest BCUT2D eigenvalue weighted by atomic mass is 9.88. The van der Waals surface area contributed by atoms with Crippen molar-refractivity contribution in [2.24, 2.45) is 0 Å². The fourth-order valence-electron chi connectivity index (χ4n) is 7.12. The first-order valence-corrected chi connectivity index (χ1v) is 20.2. The number of hydrogen-bond acceptors (Lipinski definition) is 8. The molecule has 2 N–H and O–H groups in total. The molecule has 11 nitrogen and oxygen atoms in total. The van der Waals surface area contributed by atoms with E-state index in [-0.39, 0.29) is 64.3 Å². The number of fused-ring (bicyclic) bond motifs is 1. The fourth-order valence-corrected chi connectivity index (χ4v) is 8.49. The molecule has 0 bridgehead atoms. The summed E-state index contributed by atoms with van der Waals surface area (Å²) < 4.78 is 90.6. The van der Waals surface area contributed by atoms with E-state index in [9.17, 15) is 25.9 Å². The number of hydrogen-bond donors (Lipinski definition) is 2. The normalized spacial score (nSPS) is 15.6. The Balaban J connectivity index is 1.48. The number of carbonyl (C=O) groups excluding carboxylic acids is 1. The van der Waals surface area contributed by atoms with Gasteiger partial charge >= 0.3 is 0 Å². The molecule has 1 amide bonds. The van der Waals surface area contributed by atoms with Crippen LogP contribution in [0.3, 0.4) is 0 Å². The van der Waals surface area contributed by atoms with Crippen LogP contribution in [-0.4, -0.2) is 56.1 Å². The molecule has 2 aliphatic rings. The van der Waals surface area contributed by atoms with Crippen LogP contribution in [0.25, 0.3) is 22.3 Å². The number of rotatable bonds is 10. The summed E-state index contributed by atoms with van der Waals surface area (Å²) in [5.41, 5.74) is 4.67. The summed E-state index contributed by atoms with van der Waals surface area (Å²) in [5.74, 6) is 0.240. The second kappa shape index (κ2) is 14.6. The molecule has 0 saturated carbocycles. The maximum Gasteiger partial charge on any atom is 0.295 e. The fraction of sp³-hybridized carbons (Fsp3) is 0.244. The van der Waals surface area contributed by atoms with Crippen LogP contribution < -0.4 is 9.47 Å². The van der Waals surface area contributed by atoms with Crippen molar-refractivity contribution < 1.29 is 44.9 Å². The number of benzene rings is 5. The van der Waals surface area contributed by atoms with Gasteiger partial charge in [-0.1, -0.05) is 77.9 Å². The molecule has 1 fully saturated rings. The molecule has 5 aromatic carbocycles. The quantitative estimate of drug-likeness (QED) is 0.138. The van der Waals surface area contributed by atoms with Gasteiger partial charge in [-0.2, -0.15) is 16.8 Å². The Hall–Kier alpha value is -5.05. The molecule has 1 atom stereocenters. The van der Waals surface area contributed by atoms with Crippen molar-refractivity contribution in [2.75, 3.05) is 13.2 Å². The zero-order valence-electron chi connectivity index (χ0n) is 29.9. The van der Waals surface area contributed by atoms with Gasteiger partial charge in [-0.25, -0.2) is 0 Å². The molecule has 1 saturated heterocycles. The molecule has 1 unspecified atom stereocenters. The van der Waals surface area contributed by atoms with E-state index < -0.39 is 31.0 Å². The monoisotopic (exact) mass is 769 g/mol. The maximum absolute atomic E-state index is 15.2. The highest BCUT2D eigenvalue weighted by Crippen LogP contribution is 2.46.